The van der Waals surface area contributed by atoms with Crippen LogP contribution in [0.4, 0.5) is 4.39 Å². The van der Waals surface area contributed by atoms with Gasteiger partial charge in [-0.3, -0.25) is 9.59 Å². The lowest BCUT2D eigenvalue weighted by molar-refractivity contribution is -0.145. The van der Waals surface area contributed by atoms with Crippen molar-refractivity contribution in [3.8, 4) is 5.75 Å². The summed E-state index contributed by atoms with van der Waals surface area (Å²) in [4.78, 5) is 39.7. The van der Waals surface area contributed by atoms with Crippen molar-refractivity contribution in [3.05, 3.63) is 101 Å². The first kappa shape index (κ1) is 29.8. The van der Waals surface area contributed by atoms with Gasteiger partial charge in [0.2, 0.25) is 11.8 Å². The predicted molar refractivity (Wildman–Crippen MR) is 154 cm³/mol. The van der Waals surface area contributed by atoms with E-state index in [4.69, 9.17) is 9.47 Å². The Kier molecular flexibility index (Phi) is 10.9. The summed E-state index contributed by atoms with van der Waals surface area (Å²) in [5, 5.41) is 2.85. The Labute approximate surface area is 240 Å². The van der Waals surface area contributed by atoms with E-state index in [0.717, 1.165) is 22.4 Å². The summed E-state index contributed by atoms with van der Waals surface area (Å²) in [6, 6.07) is 22.9. The van der Waals surface area contributed by atoms with Crippen molar-refractivity contribution < 1.29 is 28.2 Å². The number of benzene rings is 3. The summed E-state index contributed by atoms with van der Waals surface area (Å²) >= 11 is 0. The highest BCUT2D eigenvalue weighted by Gasteiger charge is 2.27. The highest BCUT2D eigenvalue weighted by Crippen LogP contribution is 2.22. The molecule has 7 nitrogen and oxygen atoms in total. The third-order valence-electron chi connectivity index (χ3n) is 7.39. The quantitative estimate of drug-likeness (QED) is 0.320. The Morgan fingerprint density at radius 2 is 1.63 bits per heavy atom. The lowest BCUT2D eigenvalue weighted by Crippen LogP contribution is -2.44. The molecular weight excluding hydrogens is 523 g/mol. The van der Waals surface area contributed by atoms with Crippen LogP contribution in [0.5, 0.6) is 5.75 Å². The van der Waals surface area contributed by atoms with E-state index in [1.165, 1.54) is 19.2 Å². The molecule has 8 heteroatoms. The predicted octanol–water partition coefficient (Wildman–Crippen LogP) is 4.87. The number of halogens is 1. The van der Waals surface area contributed by atoms with Crippen LogP contribution in [-0.4, -0.2) is 48.9 Å². The molecule has 0 aromatic heterocycles. The second-order valence-electron chi connectivity index (χ2n) is 10.4. The monoisotopic (exact) mass is 560 g/mol. The number of rotatable bonds is 12. The van der Waals surface area contributed by atoms with Crippen LogP contribution >= 0.6 is 0 Å². The Morgan fingerprint density at radius 3 is 2.32 bits per heavy atom. The number of esters is 1. The van der Waals surface area contributed by atoms with E-state index < -0.39 is 12.0 Å². The Hall–Kier alpha value is -4.20. The molecule has 1 aliphatic heterocycles. The first-order valence-electron chi connectivity index (χ1n) is 14.0. The molecule has 3 aromatic carbocycles. The van der Waals surface area contributed by atoms with Gasteiger partial charge in [-0.1, -0.05) is 54.6 Å². The molecule has 1 aliphatic rings. The molecule has 1 heterocycles. The minimum atomic E-state index is -0.798. The zero-order valence-electron chi connectivity index (χ0n) is 23.4. The number of carbonyl (C=O) groups is 3. The van der Waals surface area contributed by atoms with Crippen LogP contribution in [0.25, 0.3) is 0 Å². The maximum atomic E-state index is 13.4. The molecule has 0 saturated carbocycles. The summed E-state index contributed by atoms with van der Waals surface area (Å²) in [6.07, 6.45) is 2.84. The number of nitrogens with zero attached hydrogens (tertiary/aromatic N) is 1. The van der Waals surface area contributed by atoms with Crippen molar-refractivity contribution in [2.24, 2.45) is 5.92 Å². The molecular formula is C33H37FN2O5. The van der Waals surface area contributed by atoms with E-state index in [9.17, 15) is 18.8 Å². The van der Waals surface area contributed by atoms with Crippen LogP contribution in [0, 0.1) is 11.7 Å². The number of piperidine rings is 1. The number of nitrogens with one attached hydrogen (secondary N) is 1. The number of hydrogen-bond donors (Lipinski definition) is 1. The average molecular weight is 561 g/mol. The molecule has 0 radical (unpaired) electrons. The summed E-state index contributed by atoms with van der Waals surface area (Å²) in [7, 11) is 1.31. The van der Waals surface area contributed by atoms with Gasteiger partial charge in [0.25, 0.3) is 0 Å². The minimum absolute atomic E-state index is 0.0411. The number of likely N-dealkylation sites (tertiary alicyclic amines) is 1. The molecule has 2 amide bonds. The molecule has 3 aromatic rings. The number of hydrogen-bond acceptors (Lipinski definition) is 5. The zero-order chi connectivity index (χ0) is 29.0. The molecule has 0 spiro atoms. The highest BCUT2D eigenvalue weighted by atomic mass is 19.1. The molecule has 0 bridgehead atoms. The maximum Gasteiger partial charge on any atom is 0.328 e. The van der Waals surface area contributed by atoms with Gasteiger partial charge >= 0.3 is 5.97 Å². The van der Waals surface area contributed by atoms with Gasteiger partial charge in [0.05, 0.1) is 7.11 Å². The molecule has 0 aliphatic carbocycles. The molecule has 1 saturated heterocycles. The van der Waals surface area contributed by atoms with Gasteiger partial charge in [-0.05, 0) is 66.1 Å². The number of amides is 2. The van der Waals surface area contributed by atoms with E-state index in [-0.39, 0.29) is 30.0 Å². The second-order valence-corrected chi connectivity index (χ2v) is 10.4. The van der Waals surface area contributed by atoms with Gasteiger partial charge in [0.15, 0.2) is 0 Å². The molecule has 41 heavy (non-hydrogen) atoms. The SMILES string of the molecule is COC(=O)[C@H](Cc1ccc(OCc2ccccc2)cc1)NC(=O)CC1CCN(C(=O)CCc2cccc(F)c2)CC1. The van der Waals surface area contributed by atoms with Gasteiger partial charge in [0, 0.05) is 32.4 Å². The van der Waals surface area contributed by atoms with Crippen LogP contribution in [0.3, 0.4) is 0 Å². The summed E-state index contributed by atoms with van der Waals surface area (Å²) in [6.45, 7) is 1.63. The van der Waals surface area contributed by atoms with E-state index in [1.54, 1.807) is 6.07 Å². The van der Waals surface area contributed by atoms with Gasteiger partial charge < -0.3 is 19.7 Å². The van der Waals surface area contributed by atoms with E-state index in [2.05, 4.69) is 5.32 Å². The normalized spacial score (nSPS) is 14.2. The molecule has 0 unspecified atom stereocenters. The Balaban J connectivity index is 1.21. The Bertz CT molecular complexity index is 1290. The van der Waals surface area contributed by atoms with Crippen molar-refractivity contribution in [2.75, 3.05) is 20.2 Å². The van der Waals surface area contributed by atoms with Gasteiger partial charge in [-0.25, -0.2) is 9.18 Å². The fraction of sp³-hybridized carbons (Fsp3) is 0.364. The lowest BCUT2D eigenvalue weighted by Gasteiger charge is -2.32. The lowest BCUT2D eigenvalue weighted by atomic mass is 9.92. The van der Waals surface area contributed by atoms with Crippen molar-refractivity contribution >= 4 is 17.8 Å². The third kappa shape index (κ3) is 9.45. The van der Waals surface area contributed by atoms with Crippen molar-refractivity contribution in [1.29, 1.82) is 0 Å². The summed E-state index contributed by atoms with van der Waals surface area (Å²) in [5.41, 5.74) is 2.75. The molecule has 1 N–H and O–H groups in total. The van der Waals surface area contributed by atoms with E-state index in [1.807, 2.05) is 65.6 Å². The number of carbonyl (C=O) groups excluding carboxylic acids is 3. The van der Waals surface area contributed by atoms with Gasteiger partial charge in [0.1, 0.15) is 24.2 Å². The summed E-state index contributed by atoms with van der Waals surface area (Å²) < 4.78 is 24.2. The minimum Gasteiger partial charge on any atom is -0.489 e. The van der Waals surface area contributed by atoms with Crippen molar-refractivity contribution in [3.63, 3.8) is 0 Å². The molecule has 1 atom stereocenters. The zero-order valence-corrected chi connectivity index (χ0v) is 23.4. The largest absolute Gasteiger partial charge is 0.489 e. The van der Waals surface area contributed by atoms with E-state index in [0.29, 0.717) is 51.8 Å². The fourth-order valence-electron chi connectivity index (χ4n) is 5.04. The fourth-order valence-corrected chi connectivity index (χ4v) is 5.04. The number of aryl methyl sites for hydroxylation is 1. The Morgan fingerprint density at radius 1 is 0.927 bits per heavy atom. The third-order valence-corrected chi connectivity index (χ3v) is 7.39. The molecule has 1 fully saturated rings. The van der Waals surface area contributed by atoms with E-state index >= 15 is 0 Å². The van der Waals surface area contributed by atoms with Crippen molar-refractivity contribution in [2.45, 2.75) is 51.2 Å². The molecule has 4 rings (SSSR count). The first-order valence-corrected chi connectivity index (χ1v) is 14.0. The molecule has 216 valence electrons. The maximum absolute atomic E-state index is 13.4. The van der Waals surface area contributed by atoms with Gasteiger partial charge in [-0.15, -0.1) is 0 Å². The van der Waals surface area contributed by atoms with Crippen LogP contribution in [0.2, 0.25) is 0 Å². The summed E-state index contributed by atoms with van der Waals surface area (Å²) in [5.74, 6) is -0.123. The topological polar surface area (TPSA) is 84.9 Å². The van der Waals surface area contributed by atoms with Crippen LogP contribution < -0.4 is 10.1 Å². The standard InChI is InChI=1S/C33H37FN2O5/c1-40-33(39)30(21-25-10-13-29(14-11-25)41-23-27-6-3-2-4-7-27)35-31(37)22-26-16-18-36(19-17-26)32(38)15-12-24-8-5-9-28(34)20-24/h2-11,13-14,20,26,30H,12,15-19,21-23H2,1H3,(H,35,37)/t30-/m0/s1. The first-order chi connectivity index (χ1) is 19.9. The number of methoxy groups -OCH3 is 1. The number of ether oxygens (including phenoxy) is 2. The van der Waals surface area contributed by atoms with Gasteiger partial charge in [-0.2, -0.15) is 0 Å². The van der Waals surface area contributed by atoms with Crippen LogP contribution in [0.1, 0.15) is 42.4 Å². The smallest absolute Gasteiger partial charge is 0.328 e. The van der Waals surface area contributed by atoms with Crippen LogP contribution in [-0.2, 0) is 38.6 Å². The second kappa shape index (κ2) is 15.0. The van der Waals surface area contributed by atoms with Crippen LogP contribution in [0.15, 0.2) is 78.9 Å². The van der Waals surface area contributed by atoms with Crippen molar-refractivity contribution in [1.82, 2.24) is 10.2 Å². The average Bonchev–Trinajstić information content (AvgIpc) is 2.99. The highest BCUT2D eigenvalue weighted by molar-refractivity contribution is 5.84.